The molecule has 0 fully saturated rings. The first-order valence-electron chi connectivity index (χ1n) is 5.46. The van der Waals surface area contributed by atoms with Gasteiger partial charge < -0.3 is 14.8 Å². The van der Waals surface area contributed by atoms with Gasteiger partial charge in [0, 0.05) is 0 Å². The summed E-state index contributed by atoms with van der Waals surface area (Å²) >= 11 is 0. The molecule has 1 atom stereocenters. The van der Waals surface area contributed by atoms with Crippen molar-refractivity contribution in [3.63, 3.8) is 0 Å². The molecule has 0 aromatic carbocycles. The Bertz CT molecular complexity index is 548. The van der Waals surface area contributed by atoms with E-state index in [9.17, 15) is 4.79 Å². The first-order chi connectivity index (χ1) is 8.56. The minimum absolute atomic E-state index is 0.414. The minimum atomic E-state index is -0.942. The molecule has 18 heavy (non-hydrogen) atoms. The maximum atomic E-state index is 10.7. The lowest BCUT2D eigenvalue weighted by Crippen LogP contribution is -2.25. The summed E-state index contributed by atoms with van der Waals surface area (Å²) in [7, 11) is 0. The van der Waals surface area contributed by atoms with E-state index in [0.717, 1.165) is 5.76 Å². The molecule has 6 nitrogen and oxygen atoms in total. The zero-order valence-electron chi connectivity index (χ0n) is 10.0. The summed E-state index contributed by atoms with van der Waals surface area (Å²) < 4.78 is 5.41. The van der Waals surface area contributed by atoms with Gasteiger partial charge >= 0.3 is 5.97 Å². The Labute approximate surface area is 104 Å². The summed E-state index contributed by atoms with van der Waals surface area (Å²) in [5, 5.41) is 19.4. The Hall–Kier alpha value is -2.37. The van der Waals surface area contributed by atoms with Crippen LogP contribution in [-0.2, 0) is 4.79 Å². The van der Waals surface area contributed by atoms with Crippen LogP contribution in [0.3, 0.4) is 0 Å². The van der Waals surface area contributed by atoms with Gasteiger partial charge in [0.05, 0.1) is 0 Å². The maximum Gasteiger partial charge on any atom is 0.325 e. The average Bonchev–Trinajstić information content (AvgIpc) is 2.76. The van der Waals surface area contributed by atoms with Crippen LogP contribution in [0.4, 0.5) is 5.82 Å². The van der Waals surface area contributed by atoms with Crippen LogP contribution in [-0.4, -0.2) is 27.3 Å². The molecule has 2 rings (SSSR count). The number of aryl methyl sites for hydroxylation is 1. The summed E-state index contributed by atoms with van der Waals surface area (Å²) in [5.41, 5.74) is 0.608. The van der Waals surface area contributed by atoms with Crippen molar-refractivity contribution in [1.82, 2.24) is 10.2 Å². The van der Waals surface area contributed by atoms with Crippen LogP contribution in [0.25, 0.3) is 11.5 Å². The number of aromatic nitrogens is 2. The number of anilines is 1. The molecular weight excluding hydrogens is 234 g/mol. The lowest BCUT2D eigenvalue weighted by atomic mass is 10.3. The first kappa shape index (κ1) is 12.1. The number of aliphatic carboxylic acids is 1. The fraction of sp³-hybridized carbons (Fsp3) is 0.250. The largest absolute Gasteiger partial charge is 0.480 e. The van der Waals surface area contributed by atoms with Crippen molar-refractivity contribution in [3.8, 4) is 11.5 Å². The van der Waals surface area contributed by atoms with Gasteiger partial charge in [0.15, 0.2) is 5.76 Å². The molecule has 2 aromatic rings. The number of carboxylic acids is 1. The van der Waals surface area contributed by atoms with E-state index >= 15 is 0 Å². The van der Waals surface area contributed by atoms with Crippen molar-refractivity contribution in [2.45, 2.75) is 19.9 Å². The van der Waals surface area contributed by atoms with Crippen molar-refractivity contribution < 1.29 is 14.3 Å². The number of carbonyl (C=O) groups is 1. The number of hydrogen-bond acceptors (Lipinski definition) is 5. The lowest BCUT2D eigenvalue weighted by molar-refractivity contribution is -0.137. The quantitative estimate of drug-likeness (QED) is 0.858. The molecule has 0 spiro atoms. The molecule has 0 aliphatic heterocycles. The zero-order valence-corrected chi connectivity index (χ0v) is 10.0. The van der Waals surface area contributed by atoms with E-state index in [1.807, 2.05) is 19.1 Å². The number of nitrogens with one attached hydrogen (secondary N) is 1. The van der Waals surface area contributed by atoms with E-state index in [1.165, 1.54) is 6.92 Å². The highest BCUT2D eigenvalue weighted by molar-refractivity contribution is 5.76. The van der Waals surface area contributed by atoms with E-state index in [4.69, 9.17) is 9.52 Å². The second kappa shape index (κ2) is 4.87. The van der Waals surface area contributed by atoms with Crippen molar-refractivity contribution >= 4 is 11.8 Å². The Morgan fingerprint density at radius 2 is 2.11 bits per heavy atom. The third-order valence-electron chi connectivity index (χ3n) is 2.39. The van der Waals surface area contributed by atoms with Gasteiger partial charge in [0.1, 0.15) is 23.3 Å². The van der Waals surface area contributed by atoms with E-state index in [2.05, 4.69) is 15.5 Å². The predicted molar refractivity (Wildman–Crippen MR) is 65.2 cm³/mol. The van der Waals surface area contributed by atoms with Gasteiger partial charge in [0.2, 0.25) is 0 Å². The fourth-order valence-corrected chi connectivity index (χ4v) is 1.40. The number of nitrogens with zero attached hydrogens (tertiary/aromatic N) is 2. The lowest BCUT2D eigenvalue weighted by Gasteiger charge is -2.08. The van der Waals surface area contributed by atoms with Gasteiger partial charge in [-0.25, -0.2) is 0 Å². The number of rotatable bonds is 4. The van der Waals surface area contributed by atoms with Gasteiger partial charge in [-0.05, 0) is 38.1 Å². The number of carboxylic acid groups (broad SMARTS) is 1. The smallest absolute Gasteiger partial charge is 0.325 e. The third-order valence-corrected chi connectivity index (χ3v) is 2.39. The van der Waals surface area contributed by atoms with Gasteiger partial charge in [-0.3, -0.25) is 4.79 Å². The molecule has 2 N–H and O–H groups in total. The highest BCUT2D eigenvalue weighted by Crippen LogP contribution is 2.19. The molecule has 2 aromatic heterocycles. The third kappa shape index (κ3) is 2.65. The van der Waals surface area contributed by atoms with Crippen LogP contribution in [0.1, 0.15) is 12.7 Å². The standard InChI is InChI=1S/C12H13N3O3/c1-7-3-5-10(18-7)9-4-6-11(15-14-9)13-8(2)12(16)17/h3-6,8H,1-2H3,(H,13,15)(H,16,17). The van der Waals surface area contributed by atoms with E-state index < -0.39 is 12.0 Å². The van der Waals surface area contributed by atoms with Crippen LogP contribution in [0.5, 0.6) is 0 Å². The van der Waals surface area contributed by atoms with Gasteiger partial charge in [-0.2, -0.15) is 0 Å². The molecule has 94 valence electrons. The molecule has 0 aliphatic carbocycles. The Balaban J connectivity index is 2.13. The van der Waals surface area contributed by atoms with Gasteiger partial charge in [0.25, 0.3) is 0 Å². The van der Waals surface area contributed by atoms with Crippen LogP contribution >= 0.6 is 0 Å². The maximum absolute atomic E-state index is 10.7. The molecule has 0 amide bonds. The monoisotopic (exact) mass is 247 g/mol. The van der Waals surface area contributed by atoms with Crippen molar-refractivity contribution in [2.75, 3.05) is 5.32 Å². The van der Waals surface area contributed by atoms with E-state index in [0.29, 0.717) is 17.3 Å². The normalized spacial score (nSPS) is 12.1. The van der Waals surface area contributed by atoms with Crippen LogP contribution in [0.2, 0.25) is 0 Å². The Morgan fingerprint density at radius 1 is 1.33 bits per heavy atom. The second-order valence-corrected chi connectivity index (χ2v) is 3.92. The fourth-order valence-electron chi connectivity index (χ4n) is 1.40. The summed E-state index contributed by atoms with van der Waals surface area (Å²) in [6.07, 6.45) is 0. The molecule has 1 unspecified atom stereocenters. The van der Waals surface area contributed by atoms with E-state index in [-0.39, 0.29) is 0 Å². The second-order valence-electron chi connectivity index (χ2n) is 3.92. The van der Waals surface area contributed by atoms with Gasteiger partial charge in [-0.15, -0.1) is 10.2 Å². The summed E-state index contributed by atoms with van der Waals surface area (Å²) in [4.78, 5) is 10.7. The first-order valence-corrected chi connectivity index (χ1v) is 5.46. The topological polar surface area (TPSA) is 88.2 Å². The van der Waals surface area contributed by atoms with Gasteiger partial charge in [-0.1, -0.05) is 0 Å². The van der Waals surface area contributed by atoms with Crippen molar-refractivity contribution in [2.24, 2.45) is 0 Å². The molecule has 6 heteroatoms. The predicted octanol–water partition coefficient (Wildman–Crippen LogP) is 1.93. The number of hydrogen-bond donors (Lipinski definition) is 2. The highest BCUT2D eigenvalue weighted by atomic mass is 16.4. The molecule has 2 heterocycles. The summed E-state index contributed by atoms with van der Waals surface area (Å²) in [6.45, 7) is 3.38. The summed E-state index contributed by atoms with van der Waals surface area (Å²) in [6, 6.07) is 6.33. The Kier molecular flexibility index (Phi) is 3.27. The molecule has 0 bridgehead atoms. The highest BCUT2D eigenvalue weighted by Gasteiger charge is 2.11. The van der Waals surface area contributed by atoms with Crippen LogP contribution < -0.4 is 5.32 Å². The van der Waals surface area contributed by atoms with Crippen LogP contribution in [0.15, 0.2) is 28.7 Å². The van der Waals surface area contributed by atoms with Crippen molar-refractivity contribution in [1.29, 1.82) is 0 Å². The molecule has 0 saturated heterocycles. The van der Waals surface area contributed by atoms with Crippen LogP contribution in [0, 0.1) is 6.92 Å². The van der Waals surface area contributed by atoms with Crippen molar-refractivity contribution in [3.05, 3.63) is 30.0 Å². The molecule has 0 saturated carbocycles. The summed E-state index contributed by atoms with van der Waals surface area (Å²) in [5.74, 6) is 0.908. The minimum Gasteiger partial charge on any atom is -0.480 e. The molecule has 0 aliphatic rings. The molecule has 0 radical (unpaired) electrons. The SMILES string of the molecule is Cc1ccc(-c2ccc(NC(C)C(=O)O)nn2)o1. The average molecular weight is 247 g/mol. The molecular formula is C12H13N3O3. The number of furan rings is 1. The Morgan fingerprint density at radius 3 is 2.61 bits per heavy atom. The van der Waals surface area contributed by atoms with E-state index in [1.54, 1.807) is 12.1 Å². The zero-order chi connectivity index (χ0) is 13.1.